The summed E-state index contributed by atoms with van der Waals surface area (Å²) in [6.45, 7) is 6.48. The first kappa shape index (κ1) is 46.5. The molecule has 0 aliphatic carbocycles. The van der Waals surface area contributed by atoms with Crippen molar-refractivity contribution in [2.24, 2.45) is 0 Å². The van der Waals surface area contributed by atoms with Gasteiger partial charge in [-0.1, -0.05) is 141 Å². The fourth-order valence-corrected chi connectivity index (χ4v) is 5.28. The lowest BCUT2D eigenvalue weighted by atomic mass is 10.1. The second-order valence-corrected chi connectivity index (χ2v) is 13.2. The van der Waals surface area contributed by atoms with E-state index >= 15 is 0 Å². The van der Waals surface area contributed by atoms with Crippen LogP contribution in [0.25, 0.3) is 0 Å². The molecular weight excluding hydrogens is 570 g/mol. The quantitative estimate of drug-likeness (QED) is 0.0435. The van der Waals surface area contributed by atoms with Gasteiger partial charge in [0.15, 0.2) is 0 Å². The van der Waals surface area contributed by atoms with Crippen LogP contribution in [-0.2, 0) is 19.1 Å². The van der Waals surface area contributed by atoms with Crippen molar-refractivity contribution in [1.82, 2.24) is 5.32 Å². The summed E-state index contributed by atoms with van der Waals surface area (Å²) in [6, 6.07) is 0. The first-order valence-electron chi connectivity index (χ1n) is 19.7. The molecule has 0 aromatic heterocycles. The molecule has 0 spiro atoms. The molecule has 0 saturated heterocycles. The van der Waals surface area contributed by atoms with Gasteiger partial charge in [0.25, 0.3) is 0 Å². The first-order valence-corrected chi connectivity index (χ1v) is 19.7. The average molecular weight is 650 g/mol. The highest BCUT2D eigenvalue weighted by Crippen LogP contribution is 2.12. The summed E-state index contributed by atoms with van der Waals surface area (Å²) in [5.74, 6) is -0.365. The average Bonchev–Trinajstić information content (AvgIpc) is 3.04. The lowest BCUT2D eigenvalue weighted by molar-refractivity contribution is -0.158. The Morgan fingerprint density at radius 1 is 0.500 bits per heavy atom. The molecule has 0 fully saturated rings. The Kier molecular flexibility index (Phi) is 41.9. The normalized spacial score (nSPS) is 11.9. The number of carbonyl (C=O) groups is 2. The van der Waals surface area contributed by atoms with E-state index in [4.69, 9.17) is 9.47 Å². The van der Waals surface area contributed by atoms with Crippen LogP contribution in [-0.4, -0.2) is 38.7 Å². The van der Waals surface area contributed by atoms with Crippen LogP contribution in [0.2, 0.25) is 0 Å². The summed E-state index contributed by atoms with van der Waals surface area (Å²) in [5, 5.41) is 2.75. The fraction of sp³-hybridized carbons (Fsp3) is 0.854. The minimum Gasteiger partial charge on any atom is -0.462 e. The van der Waals surface area contributed by atoms with Crippen molar-refractivity contribution in [1.29, 1.82) is 0 Å². The van der Waals surface area contributed by atoms with Crippen LogP contribution >= 0.6 is 0 Å². The highest BCUT2D eigenvalue weighted by atomic mass is 16.6. The van der Waals surface area contributed by atoms with Gasteiger partial charge >= 0.3 is 11.9 Å². The van der Waals surface area contributed by atoms with Gasteiger partial charge in [0.1, 0.15) is 12.7 Å². The van der Waals surface area contributed by atoms with Gasteiger partial charge in [-0.25, -0.2) is 0 Å². The van der Waals surface area contributed by atoms with E-state index in [1.54, 1.807) is 6.92 Å². The maximum absolute atomic E-state index is 12.1. The number of hydrogen-bond donors (Lipinski definition) is 1. The Hall–Kier alpha value is -1.62. The Bertz CT molecular complexity index is 675. The SMILES string of the molecule is CCCCCCCCC=CCCCCCCCC(=O)OCC(C)OC(=O)CCCCCCCC=CCCCCCCCC.CNC. The molecule has 0 aliphatic heterocycles. The summed E-state index contributed by atoms with van der Waals surface area (Å²) in [7, 11) is 3.75. The second kappa shape index (κ2) is 41.4. The number of unbranched alkanes of at least 4 members (excludes halogenated alkanes) is 22. The number of hydrogen-bond acceptors (Lipinski definition) is 5. The highest BCUT2D eigenvalue weighted by molar-refractivity contribution is 5.70. The Labute approximate surface area is 287 Å². The summed E-state index contributed by atoms with van der Waals surface area (Å²) in [4.78, 5) is 24.1. The van der Waals surface area contributed by atoms with Crippen LogP contribution in [0.3, 0.4) is 0 Å². The van der Waals surface area contributed by atoms with Crippen LogP contribution in [0, 0.1) is 0 Å². The molecule has 5 nitrogen and oxygen atoms in total. The highest BCUT2D eigenvalue weighted by Gasteiger charge is 2.12. The van der Waals surface area contributed by atoms with Crippen molar-refractivity contribution in [3.8, 4) is 0 Å². The Morgan fingerprint density at radius 2 is 0.804 bits per heavy atom. The monoisotopic (exact) mass is 650 g/mol. The van der Waals surface area contributed by atoms with Crippen molar-refractivity contribution in [2.75, 3.05) is 20.7 Å². The van der Waals surface area contributed by atoms with Crippen LogP contribution in [0.4, 0.5) is 0 Å². The van der Waals surface area contributed by atoms with Gasteiger partial charge in [-0.15, -0.1) is 0 Å². The summed E-state index contributed by atoms with van der Waals surface area (Å²) >= 11 is 0. The molecule has 46 heavy (non-hydrogen) atoms. The van der Waals surface area contributed by atoms with E-state index in [1.165, 1.54) is 141 Å². The maximum atomic E-state index is 12.1. The molecule has 0 aromatic carbocycles. The number of ether oxygens (including phenoxy) is 2. The first-order chi connectivity index (χ1) is 22.5. The van der Waals surface area contributed by atoms with Gasteiger partial charge in [-0.3, -0.25) is 9.59 Å². The van der Waals surface area contributed by atoms with Crippen molar-refractivity contribution in [2.45, 2.75) is 207 Å². The predicted octanol–water partition coefficient (Wildman–Crippen LogP) is 12.4. The smallest absolute Gasteiger partial charge is 0.306 e. The predicted molar refractivity (Wildman–Crippen MR) is 200 cm³/mol. The topological polar surface area (TPSA) is 64.6 Å². The van der Waals surface area contributed by atoms with Crippen molar-refractivity contribution in [3.05, 3.63) is 24.3 Å². The van der Waals surface area contributed by atoms with Crippen molar-refractivity contribution in [3.63, 3.8) is 0 Å². The number of esters is 2. The third-order valence-corrected chi connectivity index (χ3v) is 8.10. The van der Waals surface area contributed by atoms with Gasteiger partial charge in [-0.05, 0) is 85.2 Å². The molecule has 0 saturated carbocycles. The molecular formula is C41H79NO4. The molecule has 0 rings (SSSR count). The Morgan fingerprint density at radius 3 is 1.17 bits per heavy atom. The molecule has 0 amide bonds. The van der Waals surface area contributed by atoms with E-state index in [2.05, 4.69) is 43.5 Å². The minimum absolute atomic E-state index is 0.155. The largest absolute Gasteiger partial charge is 0.462 e. The van der Waals surface area contributed by atoms with Crippen LogP contribution in [0.15, 0.2) is 24.3 Å². The van der Waals surface area contributed by atoms with E-state index in [1.807, 2.05) is 14.1 Å². The lowest BCUT2D eigenvalue weighted by Crippen LogP contribution is -2.22. The number of nitrogens with one attached hydrogen (secondary N) is 1. The molecule has 1 unspecified atom stereocenters. The fourth-order valence-electron chi connectivity index (χ4n) is 5.28. The molecule has 272 valence electrons. The maximum Gasteiger partial charge on any atom is 0.306 e. The molecule has 5 heteroatoms. The number of allylic oxidation sites excluding steroid dienone is 4. The number of carbonyl (C=O) groups excluding carboxylic acids is 2. The molecule has 1 N–H and O–H groups in total. The standard InChI is InChI=1S/C39H72O4.C2H7N/c1-4-6-8-10-12-14-16-18-20-22-24-26-28-30-32-34-38(40)42-36-37(3)43-39(41)35-33-31-29-27-25-23-21-19-17-15-13-11-9-7-5-2;1-3-2/h18-21,37H,4-17,22-36H2,1-3H3;3H,1-2H3. The third kappa shape index (κ3) is 42.4. The summed E-state index contributed by atoms with van der Waals surface area (Å²) in [6.07, 6.45) is 42.2. The van der Waals surface area contributed by atoms with Crippen LogP contribution in [0.1, 0.15) is 201 Å². The minimum atomic E-state index is -0.381. The van der Waals surface area contributed by atoms with Crippen molar-refractivity contribution < 1.29 is 19.1 Å². The van der Waals surface area contributed by atoms with Crippen molar-refractivity contribution >= 4 is 11.9 Å². The van der Waals surface area contributed by atoms with E-state index in [-0.39, 0.29) is 24.6 Å². The van der Waals surface area contributed by atoms with Gasteiger partial charge in [0.2, 0.25) is 0 Å². The van der Waals surface area contributed by atoms with E-state index in [0.717, 1.165) is 25.7 Å². The molecule has 0 aliphatic rings. The van der Waals surface area contributed by atoms with E-state index < -0.39 is 0 Å². The van der Waals surface area contributed by atoms with Gasteiger partial charge in [0, 0.05) is 12.8 Å². The number of rotatable bonds is 33. The van der Waals surface area contributed by atoms with E-state index in [0.29, 0.717) is 12.8 Å². The third-order valence-electron chi connectivity index (χ3n) is 8.10. The molecule has 1 atom stereocenters. The Balaban J connectivity index is 0. The van der Waals surface area contributed by atoms with E-state index in [9.17, 15) is 9.59 Å². The zero-order valence-electron chi connectivity index (χ0n) is 31.5. The van der Waals surface area contributed by atoms with Crippen LogP contribution < -0.4 is 5.32 Å². The molecule has 0 heterocycles. The van der Waals surface area contributed by atoms with Gasteiger partial charge in [0.05, 0.1) is 0 Å². The summed E-state index contributed by atoms with van der Waals surface area (Å²) in [5.41, 5.74) is 0. The van der Waals surface area contributed by atoms with Gasteiger partial charge in [-0.2, -0.15) is 0 Å². The molecule has 0 aromatic rings. The van der Waals surface area contributed by atoms with Gasteiger partial charge < -0.3 is 14.8 Å². The molecule has 0 radical (unpaired) electrons. The second-order valence-electron chi connectivity index (χ2n) is 13.2. The molecule has 0 bridgehead atoms. The zero-order valence-corrected chi connectivity index (χ0v) is 31.5. The van der Waals surface area contributed by atoms with Crippen LogP contribution in [0.5, 0.6) is 0 Å². The lowest BCUT2D eigenvalue weighted by Gasteiger charge is -2.13. The zero-order chi connectivity index (χ0) is 34.2. The summed E-state index contributed by atoms with van der Waals surface area (Å²) < 4.78 is 10.7.